The summed E-state index contributed by atoms with van der Waals surface area (Å²) in [7, 11) is 0. The van der Waals surface area contributed by atoms with Crippen LogP contribution in [0, 0.1) is 5.92 Å². The van der Waals surface area contributed by atoms with Crippen LogP contribution in [0.1, 0.15) is 101 Å². The zero-order valence-electron chi connectivity index (χ0n) is 44.8. The number of carboxylic acid groups (broad SMARTS) is 1. The lowest BCUT2D eigenvalue weighted by molar-refractivity contribution is -0.140. The van der Waals surface area contributed by atoms with Crippen molar-refractivity contribution < 1.29 is 57.8 Å². The Morgan fingerprint density at radius 3 is 1.98 bits per heavy atom. The molecule has 80 heavy (non-hydrogen) atoms. The van der Waals surface area contributed by atoms with Crippen LogP contribution in [0.15, 0.2) is 47.9 Å². The molecule has 8 atom stereocenters. The highest BCUT2D eigenvalue weighted by Crippen LogP contribution is 2.33. The summed E-state index contributed by atoms with van der Waals surface area (Å²) < 4.78 is 0. The predicted octanol–water partition coefficient (Wildman–Crippen LogP) is -1.08. The third-order valence-electron chi connectivity index (χ3n) is 13.8. The van der Waals surface area contributed by atoms with E-state index in [4.69, 9.17) is 0 Å². The van der Waals surface area contributed by atoms with Crippen LogP contribution < -0.4 is 47.9 Å². The molecule has 1 saturated carbocycles. The molecule has 10 amide bonds. The fourth-order valence-electron chi connectivity index (χ4n) is 9.24. The van der Waals surface area contributed by atoms with Crippen molar-refractivity contribution in [2.24, 2.45) is 5.92 Å². The smallest absolute Gasteiger partial charge is 0.303 e. The van der Waals surface area contributed by atoms with Gasteiger partial charge < -0.3 is 62.8 Å². The quantitative estimate of drug-likeness (QED) is 0.0862. The van der Waals surface area contributed by atoms with Gasteiger partial charge in [0.05, 0.1) is 29.8 Å². The number of pyridine rings is 1. The van der Waals surface area contributed by atoms with Gasteiger partial charge in [0.2, 0.25) is 59.1 Å². The number of aromatic nitrogens is 4. The number of thioether (sulfide) groups is 1. The van der Waals surface area contributed by atoms with Crippen molar-refractivity contribution in [3.63, 3.8) is 0 Å². The lowest BCUT2D eigenvalue weighted by Crippen LogP contribution is -2.59. The minimum Gasteiger partial charge on any atom is -0.481 e. The number of carbonyl (C=O) groups is 11. The van der Waals surface area contributed by atoms with Gasteiger partial charge in [0, 0.05) is 69.2 Å². The minimum absolute atomic E-state index is 0.00862. The molecule has 0 bridgehead atoms. The summed E-state index contributed by atoms with van der Waals surface area (Å²) in [5.41, 5.74) is 3.04. The Morgan fingerprint density at radius 1 is 0.700 bits per heavy atom. The van der Waals surface area contributed by atoms with Gasteiger partial charge in [0.15, 0.2) is 0 Å². The van der Waals surface area contributed by atoms with Crippen molar-refractivity contribution in [3.05, 3.63) is 64.9 Å². The Labute approximate surface area is 470 Å². The molecule has 3 fully saturated rings. The van der Waals surface area contributed by atoms with Crippen LogP contribution in [0.3, 0.4) is 0 Å². The Bertz CT molecular complexity index is 2610. The van der Waals surface area contributed by atoms with Crippen molar-refractivity contribution in [2.75, 3.05) is 31.6 Å². The number of carboxylic acids is 1. The van der Waals surface area contributed by atoms with Crippen LogP contribution in [0.4, 0.5) is 0 Å². The highest BCUT2D eigenvalue weighted by atomic mass is 32.2. The van der Waals surface area contributed by atoms with Gasteiger partial charge in [0.1, 0.15) is 48.3 Å². The van der Waals surface area contributed by atoms with E-state index in [1.165, 1.54) is 40.5 Å². The monoisotopic (exact) mass is 1150 g/mol. The standard InChI is InChI=1S/C52H72N14O12S2/c1-3-34-45(71)56-26-42(67)59-35(13-14-44(69)70)47(73)61-36(15-19-79-2)48(74)63-38(20-30-11-12-30)49(75)62-37(21-31-8-6-16-53-24-31)46(72)55-17-5-4-10-43(68)66-18-7-9-41(66)52(78)65-40(23-33-27-80-29-58-33)51(77)64-39(50(76)60-34)22-32-25-54-28-57-32/h6,8,16,24-25,27-30,34-41H,3-5,7,9-15,17-23,26H2,1-2H3,(H,54,57)(H,55,72)(H,56,71)(H,59,67)(H,60,76)(H,61,73)(H,62,75)(H,63,74)(H,64,77)(H,65,78)(H,69,70)/t34-,35-,36-,37-,38-,39-,40-,41+/m0/s1. The van der Waals surface area contributed by atoms with E-state index in [2.05, 4.69) is 67.8 Å². The zero-order chi connectivity index (χ0) is 57.6. The maximum atomic E-state index is 14.3. The molecule has 0 spiro atoms. The Kier molecular flexibility index (Phi) is 24.2. The number of hydrogen-bond acceptors (Lipinski definition) is 16. The summed E-state index contributed by atoms with van der Waals surface area (Å²) in [5, 5.41) is 35.4. The second kappa shape index (κ2) is 31.3. The predicted molar refractivity (Wildman–Crippen MR) is 292 cm³/mol. The zero-order valence-corrected chi connectivity index (χ0v) is 46.4. The molecule has 3 aromatic rings. The Balaban J connectivity index is 1.26. The number of imidazole rings is 1. The normalized spacial score (nSPS) is 25.3. The third-order valence-corrected chi connectivity index (χ3v) is 15.1. The highest BCUT2D eigenvalue weighted by molar-refractivity contribution is 7.98. The van der Waals surface area contributed by atoms with Gasteiger partial charge >= 0.3 is 5.97 Å². The van der Waals surface area contributed by atoms with E-state index < -0.39 is 127 Å². The number of nitrogens with zero attached hydrogens (tertiary/aromatic N) is 4. The lowest BCUT2D eigenvalue weighted by atomic mass is 10.0. The minimum atomic E-state index is -1.51. The fourth-order valence-corrected chi connectivity index (χ4v) is 10.3. The molecule has 2 aliphatic heterocycles. The molecule has 2 saturated heterocycles. The van der Waals surface area contributed by atoms with Crippen LogP contribution in [0.2, 0.25) is 0 Å². The second-order valence-corrected chi connectivity index (χ2v) is 21.7. The summed E-state index contributed by atoms with van der Waals surface area (Å²) in [6.07, 6.45) is 10.1. The SMILES string of the molecule is CC[C@@H]1NC(=O)[C@H](Cc2c[nH]cn2)NC(=O)[C@H](Cc2cscn2)NC(=O)[C@H]2CCCN2C(=O)CCCCNC(=O)[C@H](Cc2cccnc2)NC(=O)[C@H](CC2CC2)NC(=O)[C@H](CCSC)NC(=O)[C@H](CCC(=O)O)NC(=O)CNC1=O. The number of fused-ring (bicyclic) bond motifs is 1. The fraction of sp³-hybridized carbons (Fsp3) is 0.577. The molecule has 11 N–H and O–H groups in total. The number of thiazole rings is 1. The lowest BCUT2D eigenvalue weighted by Gasteiger charge is -2.27. The van der Waals surface area contributed by atoms with Gasteiger partial charge in [0.25, 0.3) is 0 Å². The molecule has 6 rings (SSSR count). The number of aromatic amines is 1. The molecule has 434 valence electrons. The molecule has 26 nitrogen and oxygen atoms in total. The number of aliphatic carboxylic acids is 1. The average molecular weight is 1150 g/mol. The summed E-state index contributed by atoms with van der Waals surface area (Å²) in [4.78, 5) is 168. The Hall–Kier alpha value is -7.49. The van der Waals surface area contributed by atoms with E-state index in [9.17, 15) is 57.8 Å². The van der Waals surface area contributed by atoms with Gasteiger partial charge in [-0.1, -0.05) is 25.8 Å². The van der Waals surface area contributed by atoms with E-state index in [1.54, 1.807) is 48.6 Å². The van der Waals surface area contributed by atoms with E-state index in [-0.39, 0.29) is 69.9 Å². The van der Waals surface area contributed by atoms with Crippen molar-refractivity contribution in [1.29, 1.82) is 0 Å². The molecular weight excluding hydrogens is 1080 g/mol. The van der Waals surface area contributed by atoms with Crippen LogP contribution in [0.5, 0.6) is 0 Å². The summed E-state index contributed by atoms with van der Waals surface area (Å²) >= 11 is 2.65. The molecule has 0 unspecified atom stereocenters. The molecule has 0 aromatic carbocycles. The molecule has 0 radical (unpaired) electrons. The average Bonchev–Trinajstić information content (AvgIpc) is 3.81. The summed E-state index contributed by atoms with van der Waals surface area (Å²) in [5.74, 6) is -7.85. The van der Waals surface area contributed by atoms with E-state index >= 15 is 0 Å². The number of amides is 10. The highest BCUT2D eigenvalue weighted by Gasteiger charge is 2.38. The maximum Gasteiger partial charge on any atom is 0.303 e. The molecule has 3 aromatic heterocycles. The van der Waals surface area contributed by atoms with Gasteiger partial charge in [-0.2, -0.15) is 11.8 Å². The number of hydrogen-bond donors (Lipinski definition) is 11. The summed E-state index contributed by atoms with van der Waals surface area (Å²) in [6, 6.07) is -6.42. The molecule has 1 aliphatic carbocycles. The first-order chi connectivity index (χ1) is 38.5. The first-order valence-electron chi connectivity index (χ1n) is 26.9. The van der Waals surface area contributed by atoms with E-state index in [0.29, 0.717) is 48.4 Å². The van der Waals surface area contributed by atoms with Crippen molar-refractivity contribution >= 4 is 88.1 Å². The van der Waals surface area contributed by atoms with Gasteiger partial charge in [-0.3, -0.25) is 57.7 Å². The van der Waals surface area contributed by atoms with E-state index in [1.807, 2.05) is 0 Å². The molecule has 28 heteroatoms. The second-order valence-electron chi connectivity index (χ2n) is 20.0. The molecule has 5 heterocycles. The Morgan fingerprint density at radius 2 is 1.34 bits per heavy atom. The summed E-state index contributed by atoms with van der Waals surface area (Å²) in [6.45, 7) is 1.28. The van der Waals surface area contributed by atoms with Crippen molar-refractivity contribution in [2.45, 2.75) is 152 Å². The largest absolute Gasteiger partial charge is 0.481 e. The van der Waals surface area contributed by atoms with Crippen LogP contribution in [-0.4, -0.2) is 175 Å². The first-order valence-corrected chi connectivity index (χ1v) is 29.3. The number of carbonyl (C=O) groups excluding carboxylic acids is 10. The van der Waals surface area contributed by atoms with Gasteiger partial charge in [-0.25, -0.2) is 9.97 Å². The number of H-pyrrole nitrogens is 1. The van der Waals surface area contributed by atoms with Gasteiger partial charge in [-0.05, 0) is 80.9 Å². The van der Waals surface area contributed by atoms with Crippen molar-refractivity contribution in [1.82, 2.24) is 72.7 Å². The first kappa shape index (κ1) is 61.7. The number of rotatable bonds is 15. The number of nitrogens with one attached hydrogen (secondary N) is 10. The van der Waals surface area contributed by atoms with Gasteiger partial charge in [-0.15, -0.1) is 11.3 Å². The topological polar surface area (TPSA) is 374 Å². The van der Waals surface area contributed by atoms with E-state index in [0.717, 1.165) is 12.8 Å². The van der Waals surface area contributed by atoms with Crippen LogP contribution in [0.25, 0.3) is 0 Å². The maximum absolute atomic E-state index is 14.3. The molecule has 3 aliphatic rings. The van der Waals surface area contributed by atoms with Crippen LogP contribution in [-0.2, 0) is 72.0 Å². The van der Waals surface area contributed by atoms with Crippen molar-refractivity contribution in [3.8, 4) is 0 Å². The third kappa shape index (κ3) is 19.7. The molecular formula is C52H72N14O12S2. The van der Waals surface area contributed by atoms with Crippen LogP contribution >= 0.6 is 23.1 Å².